The van der Waals surface area contributed by atoms with E-state index in [1.54, 1.807) is 4.90 Å². The third-order valence-electron chi connectivity index (χ3n) is 2.61. The highest BCUT2D eigenvalue weighted by atomic mass is 79.9. The second kappa shape index (κ2) is 6.83. The van der Waals surface area contributed by atoms with Gasteiger partial charge in [-0.1, -0.05) is 22.9 Å². The van der Waals surface area contributed by atoms with Crippen LogP contribution in [-0.4, -0.2) is 29.2 Å². The summed E-state index contributed by atoms with van der Waals surface area (Å²) in [6.45, 7) is 4.52. The lowest BCUT2D eigenvalue weighted by Crippen LogP contribution is -2.34. The monoisotopic (exact) mass is 319 g/mol. The first-order valence-electron chi connectivity index (χ1n) is 5.82. The minimum Gasteiger partial charge on any atom is -0.338 e. The van der Waals surface area contributed by atoms with Crippen LogP contribution in [0.25, 0.3) is 0 Å². The summed E-state index contributed by atoms with van der Waals surface area (Å²) in [5, 5.41) is 0.626. The number of hydrogen-bond acceptors (Lipinski definition) is 1. The Balaban J connectivity index is 3.04. The normalized spacial score (nSPS) is 10.5. The smallest absolute Gasteiger partial charge is 0.256 e. The van der Waals surface area contributed by atoms with Crippen molar-refractivity contribution in [1.82, 2.24) is 4.90 Å². The molecule has 100 valence electrons. The Kier molecular flexibility index (Phi) is 5.72. The lowest BCUT2D eigenvalue weighted by molar-refractivity contribution is 0.0761. The maximum Gasteiger partial charge on any atom is 0.256 e. The van der Waals surface area contributed by atoms with E-state index in [1.165, 1.54) is 13.0 Å². The number of halogens is 3. The molecule has 0 saturated heterocycles. The number of nitrogens with zero attached hydrogens (tertiary/aromatic N) is 1. The standard InChI is InChI=1S/C13H16BrF2NO/c1-3-5-17(6-4-14)13(18)10-7-9(2)11(15)8-12(10)16/h7-8H,3-6H2,1-2H3. The molecule has 0 aliphatic heterocycles. The fraction of sp³-hybridized carbons (Fsp3) is 0.462. The molecule has 0 N–H and O–H groups in total. The summed E-state index contributed by atoms with van der Waals surface area (Å²) in [7, 11) is 0. The predicted octanol–water partition coefficient (Wildman–Crippen LogP) is 3.52. The van der Waals surface area contributed by atoms with Gasteiger partial charge in [0.1, 0.15) is 11.6 Å². The second-order valence-corrected chi connectivity index (χ2v) is 4.86. The van der Waals surface area contributed by atoms with Gasteiger partial charge >= 0.3 is 0 Å². The first-order chi connectivity index (χ1) is 8.51. The Morgan fingerprint density at radius 2 is 1.94 bits per heavy atom. The largest absolute Gasteiger partial charge is 0.338 e. The van der Waals surface area contributed by atoms with Gasteiger partial charge in [-0.3, -0.25) is 4.79 Å². The Morgan fingerprint density at radius 3 is 2.50 bits per heavy atom. The average molecular weight is 320 g/mol. The molecule has 0 fully saturated rings. The topological polar surface area (TPSA) is 20.3 Å². The molecule has 1 rings (SSSR count). The van der Waals surface area contributed by atoms with Gasteiger partial charge in [0, 0.05) is 24.5 Å². The third kappa shape index (κ3) is 3.51. The maximum atomic E-state index is 13.6. The molecular formula is C13H16BrF2NO. The first kappa shape index (κ1) is 15.1. The summed E-state index contributed by atoms with van der Waals surface area (Å²) in [4.78, 5) is 13.7. The Hall–Kier alpha value is -0.970. The van der Waals surface area contributed by atoms with E-state index in [0.29, 0.717) is 18.4 Å². The first-order valence-corrected chi connectivity index (χ1v) is 6.94. The van der Waals surface area contributed by atoms with Crippen LogP contribution in [0.4, 0.5) is 8.78 Å². The summed E-state index contributed by atoms with van der Waals surface area (Å²) in [6.07, 6.45) is 0.792. The van der Waals surface area contributed by atoms with Crippen LogP contribution >= 0.6 is 15.9 Å². The summed E-state index contributed by atoms with van der Waals surface area (Å²) < 4.78 is 26.8. The third-order valence-corrected chi connectivity index (χ3v) is 2.97. The quantitative estimate of drug-likeness (QED) is 0.760. The summed E-state index contributed by atoms with van der Waals surface area (Å²) >= 11 is 3.26. The molecule has 0 radical (unpaired) electrons. The van der Waals surface area contributed by atoms with Crippen LogP contribution in [-0.2, 0) is 0 Å². The maximum absolute atomic E-state index is 13.6. The van der Waals surface area contributed by atoms with Crippen molar-refractivity contribution in [3.63, 3.8) is 0 Å². The van der Waals surface area contributed by atoms with Crippen LogP contribution in [0.3, 0.4) is 0 Å². The lowest BCUT2D eigenvalue weighted by Gasteiger charge is -2.21. The summed E-state index contributed by atoms with van der Waals surface area (Å²) in [5.41, 5.74) is 0.207. The molecule has 0 aliphatic rings. The highest BCUT2D eigenvalue weighted by Gasteiger charge is 2.19. The number of carbonyl (C=O) groups is 1. The van der Waals surface area contributed by atoms with Crippen molar-refractivity contribution >= 4 is 21.8 Å². The van der Waals surface area contributed by atoms with Crippen molar-refractivity contribution in [3.8, 4) is 0 Å². The molecule has 18 heavy (non-hydrogen) atoms. The number of benzene rings is 1. The zero-order chi connectivity index (χ0) is 13.7. The molecule has 0 saturated carbocycles. The second-order valence-electron chi connectivity index (χ2n) is 4.06. The van der Waals surface area contributed by atoms with E-state index in [4.69, 9.17) is 0 Å². The van der Waals surface area contributed by atoms with Gasteiger partial charge in [-0.2, -0.15) is 0 Å². The van der Waals surface area contributed by atoms with Crippen LogP contribution in [0.5, 0.6) is 0 Å². The van der Waals surface area contributed by atoms with E-state index >= 15 is 0 Å². The number of alkyl halides is 1. The zero-order valence-electron chi connectivity index (χ0n) is 10.5. The SMILES string of the molecule is CCCN(CCBr)C(=O)c1cc(C)c(F)cc1F. The molecule has 0 heterocycles. The van der Waals surface area contributed by atoms with Crippen LogP contribution in [0, 0.1) is 18.6 Å². The molecular weight excluding hydrogens is 304 g/mol. The van der Waals surface area contributed by atoms with E-state index in [1.807, 2.05) is 6.92 Å². The van der Waals surface area contributed by atoms with Crippen molar-refractivity contribution < 1.29 is 13.6 Å². The van der Waals surface area contributed by atoms with Gasteiger partial charge in [0.2, 0.25) is 0 Å². The molecule has 1 amide bonds. The fourth-order valence-corrected chi connectivity index (χ4v) is 2.11. The number of carbonyl (C=O) groups excluding carboxylic acids is 1. The molecule has 2 nitrogen and oxygen atoms in total. The van der Waals surface area contributed by atoms with E-state index in [-0.39, 0.29) is 11.1 Å². The van der Waals surface area contributed by atoms with Crippen LogP contribution in [0.2, 0.25) is 0 Å². The molecule has 5 heteroatoms. The van der Waals surface area contributed by atoms with Crippen molar-refractivity contribution in [2.24, 2.45) is 0 Å². The van der Waals surface area contributed by atoms with Gasteiger partial charge in [0.15, 0.2) is 0 Å². The Morgan fingerprint density at radius 1 is 1.28 bits per heavy atom. The highest BCUT2D eigenvalue weighted by Crippen LogP contribution is 2.16. The molecule has 1 aromatic carbocycles. The Labute approximate surface area is 114 Å². The average Bonchev–Trinajstić information content (AvgIpc) is 2.33. The van der Waals surface area contributed by atoms with E-state index in [0.717, 1.165) is 12.5 Å². The molecule has 0 bridgehead atoms. The predicted molar refractivity (Wildman–Crippen MR) is 71.1 cm³/mol. The number of aryl methyl sites for hydroxylation is 1. The number of rotatable bonds is 5. The zero-order valence-corrected chi connectivity index (χ0v) is 12.1. The van der Waals surface area contributed by atoms with Gasteiger partial charge in [0.25, 0.3) is 5.91 Å². The van der Waals surface area contributed by atoms with Gasteiger partial charge in [-0.05, 0) is 25.0 Å². The Bertz CT molecular complexity index is 431. The minimum absolute atomic E-state index is 0.0664. The fourth-order valence-electron chi connectivity index (χ4n) is 1.68. The molecule has 0 aliphatic carbocycles. The van der Waals surface area contributed by atoms with Gasteiger partial charge in [-0.15, -0.1) is 0 Å². The summed E-state index contributed by atoms with van der Waals surface area (Å²) in [5.74, 6) is -1.83. The van der Waals surface area contributed by atoms with Crippen molar-refractivity contribution in [1.29, 1.82) is 0 Å². The van der Waals surface area contributed by atoms with Gasteiger partial charge in [0.05, 0.1) is 5.56 Å². The van der Waals surface area contributed by atoms with Crippen molar-refractivity contribution in [2.75, 3.05) is 18.4 Å². The van der Waals surface area contributed by atoms with Crippen molar-refractivity contribution in [2.45, 2.75) is 20.3 Å². The molecule has 1 aromatic rings. The minimum atomic E-state index is -0.807. The number of amides is 1. The summed E-state index contributed by atoms with van der Waals surface area (Å²) in [6, 6.07) is 2.03. The molecule has 0 unspecified atom stereocenters. The lowest BCUT2D eigenvalue weighted by atomic mass is 10.1. The van der Waals surface area contributed by atoms with E-state index in [9.17, 15) is 13.6 Å². The molecule has 0 atom stereocenters. The van der Waals surface area contributed by atoms with Crippen LogP contribution in [0.15, 0.2) is 12.1 Å². The van der Waals surface area contributed by atoms with Gasteiger partial charge < -0.3 is 4.90 Å². The molecule has 0 spiro atoms. The van der Waals surface area contributed by atoms with Crippen LogP contribution < -0.4 is 0 Å². The molecule has 0 aromatic heterocycles. The highest BCUT2D eigenvalue weighted by molar-refractivity contribution is 9.09. The van der Waals surface area contributed by atoms with Gasteiger partial charge in [-0.25, -0.2) is 8.78 Å². The van der Waals surface area contributed by atoms with Crippen LogP contribution in [0.1, 0.15) is 29.3 Å². The van der Waals surface area contributed by atoms with Crippen molar-refractivity contribution in [3.05, 3.63) is 34.9 Å². The number of hydrogen-bond donors (Lipinski definition) is 0. The van der Waals surface area contributed by atoms with E-state index < -0.39 is 17.5 Å². The van der Waals surface area contributed by atoms with E-state index in [2.05, 4.69) is 15.9 Å².